The van der Waals surface area contributed by atoms with E-state index in [-0.39, 0.29) is 12.4 Å². The highest BCUT2D eigenvalue weighted by Crippen LogP contribution is 2.20. The predicted octanol–water partition coefficient (Wildman–Crippen LogP) is 1.75. The van der Waals surface area contributed by atoms with Crippen molar-refractivity contribution in [3.63, 3.8) is 0 Å². The lowest BCUT2D eigenvalue weighted by Crippen LogP contribution is -2.29. The molecule has 0 rings (SSSR count). The van der Waals surface area contributed by atoms with Gasteiger partial charge in [0.25, 0.3) is 0 Å². The Morgan fingerprint density at radius 1 is 1.43 bits per heavy atom. The number of aliphatic carboxylic acids is 1. The second-order valence-electron chi connectivity index (χ2n) is 3.50. The third kappa shape index (κ3) is 4.07. The topological polar surface area (TPSA) is 63.6 Å². The van der Waals surface area contributed by atoms with Crippen LogP contribution in [0.15, 0.2) is 11.6 Å². The summed E-state index contributed by atoms with van der Waals surface area (Å²) >= 11 is 0. The Morgan fingerprint density at radius 3 is 2.29 bits per heavy atom. The summed E-state index contributed by atoms with van der Waals surface area (Å²) in [6.45, 7) is 6.64. The summed E-state index contributed by atoms with van der Waals surface area (Å²) in [4.78, 5) is 21.4. The number of hydrogen-bond donors (Lipinski definition) is 1. The summed E-state index contributed by atoms with van der Waals surface area (Å²) < 4.78 is 5.08. The molecule has 4 heteroatoms. The van der Waals surface area contributed by atoms with Crippen LogP contribution in [0.2, 0.25) is 0 Å². The largest absolute Gasteiger partial charge is 0.478 e. The Morgan fingerprint density at radius 2 is 1.93 bits per heavy atom. The average Bonchev–Trinajstić information content (AvgIpc) is 2.02. The van der Waals surface area contributed by atoms with Crippen molar-refractivity contribution in [1.29, 1.82) is 0 Å². The number of carboxylic acids is 1. The lowest BCUT2D eigenvalue weighted by molar-refractivity contribution is -0.153. The van der Waals surface area contributed by atoms with Crippen LogP contribution in [0, 0.1) is 0 Å². The fourth-order valence-corrected chi connectivity index (χ4v) is 0.796. The first-order valence-electron chi connectivity index (χ1n) is 4.43. The Labute approximate surface area is 83.6 Å². The Hall–Kier alpha value is -1.32. The molecule has 0 bridgehead atoms. The molecule has 0 aliphatic carbocycles. The molecule has 0 aromatic carbocycles. The van der Waals surface area contributed by atoms with Gasteiger partial charge in [0.2, 0.25) is 0 Å². The van der Waals surface area contributed by atoms with E-state index in [1.807, 2.05) is 0 Å². The number of rotatable bonds is 4. The molecule has 0 unspecified atom stereocenters. The average molecular weight is 200 g/mol. The van der Waals surface area contributed by atoms with Crippen LogP contribution in [0.5, 0.6) is 0 Å². The van der Waals surface area contributed by atoms with Crippen molar-refractivity contribution in [3.8, 4) is 0 Å². The zero-order valence-electron chi connectivity index (χ0n) is 8.96. The van der Waals surface area contributed by atoms with Crippen molar-refractivity contribution in [2.75, 3.05) is 0 Å². The molecule has 0 heterocycles. The predicted molar refractivity (Wildman–Crippen MR) is 51.9 cm³/mol. The van der Waals surface area contributed by atoms with Crippen LogP contribution in [-0.4, -0.2) is 22.6 Å². The van der Waals surface area contributed by atoms with Gasteiger partial charge in [-0.1, -0.05) is 6.92 Å². The van der Waals surface area contributed by atoms with Gasteiger partial charge >= 0.3 is 11.9 Å². The Bertz CT molecular complexity index is 263. The molecule has 80 valence electrons. The van der Waals surface area contributed by atoms with Gasteiger partial charge in [-0.25, -0.2) is 4.79 Å². The second kappa shape index (κ2) is 4.79. The van der Waals surface area contributed by atoms with Gasteiger partial charge in [0.05, 0.1) is 0 Å². The number of carbonyl (C=O) groups is 2. The van der Waals surface area contributed by atoms with Gasteiger partial charge in [-0.15, -0.1) is 0 Å². The van der Waals surface area contributed by atoms with Gasteiger partial charge in [0.15, 0.2) is 0 Å². The van der Waals surface area contributed by atoms with Crippen LogP contribution in [0.3, 0.4) is 0 Å². The van der Waals surface area contributed by atoms with Crippen LogP contribution in [-0.2, 0) is 14.3 Å². The summed E-state index contributed by atoms with van der Waals surface area (Å²) in [5.74, 6) is -1.38. The molecule has 14 heavy (non-hydrogen) atoms. The van der Waals surface area contributed by atoms with Gasteiger partial charge in [-0.3, -0.25) is 4.79 Å². The van der Waals surface area contributed by atoms with E-state index in [1.165, 1.54) is 0 Å². The highest BCUT2D eigenvalue weighted by molar-refractivity contribution is 5.81. The normalized spacial score (nSPS) is 12.4. The molecule has 0 fully saturated rings. The molecule has 0 spiro atoms. The highest BCUT2D eigenvalue weighted by Gasteiger charge is 2.24. The zero-order chi connectivity index (χ0) is 11.4. The minimum Gasteiger partial charge on any atom is -0.478 e. The molecule has 0 aliphatic rings. The number of carboxylic acid groups (broad SMARTS) is 1. The lowest BCUT2D eigenvalue weighted by atomic mass is 9.99. The molecular formula is C10H16O4. The molecule has 0 aromatic heterocycles. The van der Waals surface area contributed by atoms with Gasteiger partial charge in [0, 0.05) is 12.5 Å². The van der Waals surface area contributed by atoms with Gasteiger partial charge in [-0.2, -0.15) is 0 Å². The Balaban J connectivity index is 4.60. The second-order valence-corrected chi connectivity index (χ2v) is 3.50. The fraction of sp³-hybridized carbons (Fsp3) is 0.600. The maximum atomic E-state index is 11.0. The van der Waals surface area contributed by atoms with Gasteiger partial charge in [-0.05, 0) is 26.3 Å². The summed E-state index contributed by atoms with van der Waals surface area (Å²) in [5.41, 5.74) is -0.349. The minimum absolute atomic E-state index is 0.282. The van der Waals surface area contributed by atoms with Gasteiger partial charge in [0.1, 0.15) is 5.60 Å². The molecule has 0 aromatic rings. The molecule has 0 radical (unpaired) electrons. The summed E-state index contributed by atoms with van der Waals surface area (Å²) in [6, 6.07) is 0. The quantitative estimate of drug-likeness (QED) is 0.554. The van der Waals surface area contributed by atoms with E-state index in [1.54, 1.807) is 27.7 Å². The summed E-state index contributed by atoms with van der Waals surface area (Å²) in [5, 5.41) is 8.52. The van der Waals surface area contributed by atoms with Crippen molar-refractivity contribution in [1.82, 2.24) is 0 Å². The lowest BCUT2D eigenvalue weighted by Gasteiger charge is -2.25. The van der Waals surface area contributed by atoms with Crippen LogP contribution in [0.1, 0.15) is 34.1 Å². The zero-order valence-corrected chi connectivity index (χ0v) is 8.96. The molecule has 4 nitrogen and oxygen atoms in total. The minimum atomic E-state index is -1.04. The van der Waals surface area contributed by atoms with Crippen LogP contribution in [0.4, 0.5) is 0 Å². The van der Waals surface area contributed by atoms with Crippen LogP contribution < -0.4 is 0 Å². The van der Waals surface area contributed by atoms with Crippen molar-refractivity contribution < 1.29 is 19.4 Å². The maximum Gasteiger partial charge on any atom is 0.328 e. The van der Waals surface area contributed by atoms with Crippen LogP contribution in [0.25, 0.3) is 0 Å². The third-order valence-corrected chi connectivity index (χ3v) is 1.95. The Kier molecular flexibility index (Phi) is 4.34. The number of hydrogen-bond acceptors (Lipinski definition) is 3. The van der Waals surface area contributed by atoms with E-state index in [2.05, 4.69) is 0 Å². The maximum absolute atomic E-state index is 11.0. The SMILES string of the molecule is CCC(=O)OC(C)(C)C(C)=CC(=O)O. The van der Waals surface area contributed by atoms with E-state index in [0.717, 1.165) is 6.08 Å². The monoisotopic (exact) mass is 200 g/mol. The standard InChI is InChI=1S/C10H16O4/c1-5-9(13)14-10(3,4)7(2)6-8(11)12/h6H,5H2,1-4H3,(H,11,12). The van der Waals surface area contributed by atoms with Gasteiger partial charge < -0.3 is 9.84 Å². The molecule has 0 saturated heterocycles. The molecule has 0 atom stereocenters. The van der Waals surface area contributed by atoms with Crippen molar-refractivity contribution >= 4 is 11.9 Å². The first kappa shape index (κ1) is 12.7. The number of carbonyl (C=O) groups excluding carboxylic acids is 1. The molecule has 0 aliphatic heterocycles. The molecular weight excluding hydrogens is 184 g/mol. The summed E-state index contributed by atoms with van der Waals surface area (Å²) in [7, 11) is 0. The van der Waals surface area contributed by atoms with Crippen LogP contribution >= 0.6 is 0 Å². The third-order valence-electron chi connectivity index (χ3n) is 1.95. The number of esters is 1. The smallest absolute Gasteiger partial charge is 0.328 e. The van der Waals surface area contributed by atoms with E-state index in [0.29, 0.717) is 5.57 Å². The fourth-order valence-electron chi connectivity index (χ4n) is 0.796. The van der Waals surface area contributed by atoms with E-state index >= 15 is 0 Å². The van der Waals surface area contributed by atoms with Crippen molar-refractivity contribution in [3.05, 3.63) is 11.6 Å². The number of ether oxygens (including phenoxy) is 1. The summed E-state index contributed by atoms with van der Waals surface area (Å²) in [6.07, 6.45) is 1.33. The van der Waals surface area contributed by atoms with Crippen molar-refractivity contribution in [2.24, 2.45) is 0 Å². The van der Waals surface area contributed by atoms with E-state index < -0.39 is 11.6 Å². The first-order chi connectivity index (χ1) is 6.29. The van der Waals surface area contributed by atoms with E-state index in [9.17, 15) is 9.59 Å². The highest BCUT2D eigenvalue weighted by atomic mass is 16.6. The molecule has 0 amide bonds. The van der Waals surface area contributed by atoms with Crippen molar-refractivity contribution in [2.45, 2.75) is 39.7 Å². The molecule has 0 saturated carbocycles. The first-order valence-corrected chi connectivity index (χ1v) is 4.43. The molecule has 1 N–H and O–H groups in total. The van der Waals surface area contributed by atoms with E-state index in [4.69, 9.17) is 9.84 Å².